The molecule has 1 rings (SSSR count). The van der Waals surface area contributed by atoms with Gasteiger partial charge < -0.3 is 9.84 Å². The molecular weight excluding hydrogens is 413 g/mol. The molecule has 1 aromatic rings. The third-order valence-corrected chi connectivity index (χ3v) is 1.77. The van der Waals surface area contributed by atoms with E-state index in [4.69, 9.17) is 4.74 Å². The van der Waals surface area contributed by atoms with E-state index in [1.54, 1.807) is 13.8 Å². The molecular formula is C9H11AcNO4. The van der Waals surface area contributed by atoms with Crippen LogP contribution >= 0.6 is 0 Å². The molecule has 0 heterocycles. The molecule has 0 aliphatic rings. The summed E-state index contributed by atoms with van der Waals surface area (Å²) in [5, 5.41) is 19.9. The summed E-state index contributed by atoms with van der Waals surface area (Å²) >= 11 is 0. The van der Waals surface area contributed by atoms with E-state index in [1.165, 1.54) is 6.07 Å². The summed E-state index contributed by atoms with van der Waals surface area (Å²) in [6.45, 7) is 3.75. The summed E-state index contributed by atoms with van der Waals surface area (Å²) < 4.78 is 5.08. The predicted molar refractivity (Wildman–Crippen MR) is 50.7 cm³/mol. The van der Waals surface area contributed by atoms with Crippen molar-refractivity contribution in [2.24, 2.45) is 0 Å². The number of hydrogen-bond acceptors (Lipinski definition) is 4. The fourth-order valence-corrected chi connectivity index (χ4v) is 1.07. The van der Waals surface area contributed by atoms with Crippen LogP contribution in [0.2, 0.25) is 0 Å². The largest absolute Gasteiger partial charge is 0.507 e. The number of phenols is 1. The molecule has 0 atom stereocenters. The predicted octanol–water partition coefficient (Wildman–Crippen LogP) is 2.01. The molecule has 1 aromatic carbocycles. The zero-order valence-corrected chi connectivity index (χ0v) is 13.3. The van der Waals surface area contributed by atoms with Gasteiger partial charge in [0.15, 0.2) is 5.75 Å². The molecule has 0 saturated carbocycles. The Bertz CT molecular complexity index is 367. The van der Waals surface area contributed by atoms with Gasteiger partial charge in [-0.1, -0.05) is 0 Å². The SMILES string of the molecule is CCOc1cc(C)c(O)cc1[N+](=O)[O-].[Ac]. The van der Waals surface area contributed by atoms with Crippen molar-refractivity contribution in [3.8, 4) is 11.5 Å². The monoisotopic (exact) mass is 424 g/mol. The first-order valence-electron chi connectivity index (χ1n) is 4.17. The molecule has 0 bridgehead atoms. The van der Waals surface area contributed by atoms with Gasteiger partial charge in [-0.15, -0.1) is 0 Å². The van der Waals surface area contributed by atoms with Crippen molar-refractivity contribution in [1.82, 2.24) is 0 Å². The van der Waals surface area contributed by atoms with Gasteiger partial charge in [0.1, 0.15) is 5.75 Å². The molecule has 1 N–H and O–H groups in total. The standard InChI is InChI=1S/C9H11NO4.Ac/c1-3-14-9-4-6(2)8(11)5-7(9)10(12)13;/h4-5,11H,3H2,1-2H3;. The second-order valence-electron chi connectivity index (χ2n) is 2.80. The number of benzene rings is 1. The molecule has 15 heavy (non-hydrogen) atoms. The molecule has 0 spiro atoms. The number of nitro benzene ring substituents is 1. The molecule has 0 fully saturated rings. The molecule has 0 saturated heterocycles. The van der Waals surface area contributed by atoms with Crippen molar-refractivity contribution in [1.29, 1.82) is 0 Å². The Kier molecular flexibility index (Phi) is 6.15. The molecule has 0 amide bonds. The molecule has 0 aliphatic heterocycles. The van der Waals surface area contributed by atoms with Gasteiger partial charge in [-0.3, -0.25) is 10.1 Å². The minimum Gasteiger partial charge on any atom is -0.507 e. The summed E-state index contributed by atoms with van der Waals surface area (Å²) in [6, 6.07) is 2.55. The van der Waals surface area contributed by atoms with E-state index >= 15 is 0 Å². The van der Waals surface area contributed by atoms with Gasteiger partial charge in [0.2, 0.25) is 0 Å². The van der Waals surface area contributed by atoms with E-state index in [1.807, 2.05) is 0 Å². The van der Waals surface area contributed by atoms with Crippen molar-refractivity contribution >= 4 is 5.69 Å². The van der Waals surface area contributed by atoms with Crippen LogP contribution in [0.4, 0.5) is 5.69 Å². The Morgan fingerprint density at radius 2 is 2.13 bits per heavy atom. The minimum atomic E-state index is -0.579. The Morgan fingerprint density at radius 1 is 1.53 bits per heavy atom. The number of phenolic OH excluding ortho intramolecular Hbond substituents is 1. The van der Waals surface area contributed by atoms with Crippen LogP contribution < -0.4 is 4.74 Å². The van der Waals surface area contributed by atoms with Crippen LogP contribution in [-0.4, -0.2) is 16.6 Å². The zero-order valence-electron chi connectivity index (χ0n) is 8.56. The molecule has 0 unspecified atom stereocenters. The molecule has 0 aliphatic carbocycles. The Morgan fingerprint density at radius 3 is 2.60 bits per heavy atom. The molecule has 6 heteroatoms. The van der Waals surface area contributed by atoms with E-state index < -0.39 is 4.92 Å². The number of hydrogen-bond donors (Lipinski definition) is 1. The summed E-state index contributed by atoms with van der Waals surface area (Å²) in [4.78, 5) is 10.00. The van der Waals surface area contributed by atoms with Gasteiger partial charge >= 0.3 is 5.69 Å². The molecule has 1 radical (unpaired) electrons. The van der Waals surface area contributed by atoms with Gasteiger partial charge in [0.05, 0.1) is 17.6 Å². The maximum atomic E-state index is 10.6. The fraction of sp³-hybridized carbons (Fsp3) is 0.333. The van der Waals surface area contributed by atoms with E-state index in [-0.39, 0.29) is 61.2 Å². The van der Waals surface area contributed by atoms with Gasteiger partial charge in [-0.2, -0.15) is 0 Å². The first kappa shape index (κ1) is 14.7. The van der Waals surface area contributed by atoms with Gasteiger partial charge in [-0.05, 0) is 25.5 Å². The van der Waals surface area contributed by atoms with Crippen molar-refractivity contribution in [3.63, 3.8) is 0 Å². The normalized spacial score (nSPS) is 9.20. The van der Waals surface area contributed by atoms with Crippen LogP contribution in [0.25, 0.3) is 0 Å². The van der Waals surface area contributed by atoms with E-state index in [0.29, 0.717) is 12.2 Å². The van der Waals surface area contributed by atoms with Gasteiger partial charge in [0, 0.05) is 44.1 Å². The summed E-state index contributed by atoms with van der Waals surface area (Å²) in [7, 11) is 0. The Hall–Kier alpha value is -0.338. The Labute approximate surface area is 123 Å². The van der Waals surface area contributed by atoms with Crippen LogP contribution in [0, 0.1) is 61.1 Å². The number of nitro groups is 1. The molecule has 79 valence electrons. The van der Waals surface area contributed by atoms with Crippen molar-refractivity contribution < 1.29 is 58.8 Å². The topological polar surface area (TPSA) is 72.6 Å². The fourth-order valence-electron chi connectivity index (χ4n) is 1.07. The molecule has 5 nitrogen and oxygen atoms in total. The first-order valence-corrected chi connectivity index (χ1v) is 4.17. The van der Waals surface area contributed by atoms with Crippen LogP contribution in [0.15, 0.2) is 12.1 Å². The molecule has 0 aromatic heterocycles. The number of ether oxygens (including phenoxy) is 1. The minimum absolute atomic E-state index is 0. The van der Waals surface area contributed by atoms with E-state index in [2.05, 4.69) is 0 Å². The number of nitrogens with zero attached hydrogens (tertiary/aromatic N) is 1. The summed E-state index contributed by atoms with van der Waals surface area (Å²) in [5.74, 6) is 0.0907. The van der Waals surface area contributed by atoms with E-state index in [0.717, 1.165) is 6.07 Å². The number of aryl methyl sites for hydroxylation is 1. The first-order chi connectivity index (χ1) is 6.56. The second-order valence-corrected chi connectivity index (χ2v) is 2.80. The van der Waals surface area contributed by atoms with Crippen molar-refractivity contribution in [2.75, 3.05) is 6.61 Å². The average Bonchev–Trinajstić information content (AvgIpc) is 2.11. The van der Waals surface area contributed by atoms with Gasteiger partial charge in [-0.25, -0.2) is 0 Å². The van der Waals surface area contributed by atoms with Crippen molar-refractivity contribution in [3.05, 3.63) is 27.8 Å². The third kappa shape index (κ3) is 3.62. The number of aromatic hydroxyl groups is 1. The van der Waals surface area contributed by atoms with Crippen LogP contribution in [0.3, 0.4) is 0 Å². The van der Waals surface area contributed by atoms with Crippen LogP contribution in [0.1, 0.15) is 12.5 Å². The zero-order chi connectivity index (χ0) is 10.7. The third-order valence-electron chi connectivity index (χ3n) is 1.77. The summed E-state index contributed by atoms with van der Waals surface area (Å²) in [5.41, 5.74) is 0.342. The Balaban J connectivity index is 0.00000196. The maximum Gasteiger partial charge on any atom is 0.314 e. The quantitative estimate of drug-likeness (QED) is 0.596. The average molecular weight is 424 g/mol. The van der Waals surface area contributed by atoms with Crippen LogP contribution in [0.5, 0.6) is 11.5 Å². The van der Waals surface area contributed by atoms with Gasteiger partial charge in [0.25, 0.3) is 0 Å². The second kappa shape index (κ2) is 6.29. The number of rotatable bonds is 3. The summed E-state index contributed by atoms with van der Waals surface area (Å²) in [6.07, 6.45) is 0. The maximum absolute atomic E-state index is 10.6. The van der Waals surface area contributed by atoms with E-state index in [9.17, 15) is 15.2 Å². The smallest absolute Gasteiger partial charge is 0.314 e. The van der Waals surface area contributed by atoms with Crippen molar-refractivity contribution in [2.45, 2.75) is 13.8 Å². The van der Waals surface area contributed by atoms with Crippen LogP contribution in [-0.2, 0) is 0 Å².